The molecule has 1 saturated carbocycles. The van der Waals surface area contributed by atoms with Crippen molar-refractivity contribution in [1.29, 1.82) is 0 Å². The Morgan fingerprint density at radius 2 is 2.06 bits per heavy atom. The fourth-order valence-corrected chi connectivity index (χ4v) is 2.87. The van der Waals surface area contributed by atoms with E-state index in [2.05, 4.69) is 38.1 Å². The normalized spacial score (nSPS) is 24.6. The van der Waals surface area contributed by atoms with Gasteiger partial charge in [-0.05, 0) is 56.6 Å². The highest BCUT2D eigenvalue weighted by molar-refractivity contribution is 5.26. The zero-order valence-electron chi connectivity index (χ0n) is 11.6. The van der Waals surface area contributed by atoms with E-state index in [0.717, 1.165) is 25.4 Å². The molecule has 0 amide bonds. The molecule has 1 atom stereocenters. The van der Waals surface area contributed by atoms with Gasteiger partial charge in [0.25, 0.3) is 0 Å². The van der Waals surface area contributed by atoms with Crippen LogP contribution in [0.1, 0.15) is 37.3 Å². The lowest BCUT2D eigenvalue weighted by Gasteiger charge is -2.36. The molecule has 1 aliphatic carbocycles. The topological polar surface area (TPSA) is 35.2 Å². The van der Waals surface area contributed by atoms with E-state index in [1.807, 2.05) is 0 Å². The smallest absolute Gasteiger partial charge is 0.0580 e. The third-order valence-corrected chi connectivity index (χ3v) is 3.97. The molecule has 1 fully saturated rings. The van der Waals surface area contributed by atoms with Crippen LogP contribution in [0.25, 0.3) is 0 Å². The van der Waals surface area contributed by atoms with Crippen molar-refractivity contribution in [2.75, 3.05) is 6.61 Å². The average molecular weight is 247 g/mol. The predicted octanol–water partition coefficient (Wildman–Crippen LogP) is 3.07. The molecular formula is C16H25NO. The van der Waals surface area contributed by atoms with Crippen LogP contribution in [0.15, 0.2) is 24.3 Å². The van der Waals surface area contributed by atoms with Crippen molar-refractivity contribution in [3.63, 3.8) is 0 Å². The Kier molecular flexibility index (Phi) is 4.79. The first kappa shape index (κ1) is 13.6. The molecule has 0 heterocycles. The molecule has 1 aromatic rings. The van der Waals surface area contributed by atoms with Gasteiger partial charge < -0.3 is 10.5 Å². The maximum atomic E-state index is 6.26. The zero-order valence-corrected chi connectivity index (χ0v) is 11.6. The maximum Gasteiger partial charge on any atom is 0.0580 e. The summed E-state index contributed by atoms with van der Waals surface area (Å²) in [5.74, 6) is 0.778. The van der Waals surface area contributed by atoms with Gasteiger partial charge in [0.15, 0.2) is 0 Å². The van der Waals surface area contributed by atoms with Crippen LogP contribution in [-0.4, -0.2) is 18.8 Å². The van der Waals surface area contributed by atoms with Gasteiger partial charge in [0, 0.05) is 12.6 Å². The summed E-state index contributed by atoms with van der Waals surface area (Å²) in [7, 11) is 0. The molecule has 2 nitrogen and oxygen atoms in total. The number of hydrogen-bond donors (Lipinski definition) is 1. The van der Waals surface area contributed by atoms with Gasteiger partial charge >= 0.3 is 0 Å². The van der Waals surface area contributed by atoms with Crippen molar-refractivity contribution in [2.24, 2.45) is 11.7 Å². The molecule has 100 valence electrons. The largest absolute Gasteiger partial charge is 0.378 e. The summed E-state index contributed by atoms with van der Waals surface area (Å²) in [6.45, 7) is 5.07. The number of rotatable bonds is 6. The number of aryl methyl sites for hydroxylation is 1. The standard InChI is InChI=1S/C16H25NO/c1-3-18-16-9-13(10-16)8-15(17)11-14-7-5-4-6-12(14)2/h4-7,13,15-16H,3,8-11,17H2,1-2H3. The van der Waals surface area contributed by atoms with Gasteiger partial charge in [0.05, 0.1) is 6.10 Å². The van der Waals surface area contributed by atoms with E-state index in [1.165, 1.54) is 24.0 Å². The molecule has 1 aromatic carbocycles. The molecule has 0 saturated heterocycles. The molecule has 0 aromatic heterocycles. The molecule has 0 bridgehead atoms. The third kappa shape index (κ3) is 3.56. The Morgan fingerprint density at radius 3 is 2.72 bits per heavy atom. The Labute approximate surface area is 111 Å². The van der Waals surface area contributed by atoms with Crippen LogP contribution in [0.4, 0.5) is 0 Å². The molecule has 18 heavy (non-hydrogen) atoms. The summed E-state index contributed by atoms with van der Waals surface area (Å²) in [4.78, 5) is 0. The first-order chi connectivity index (χ1) is 8.69. The minimum absolute atomic E-state index is 0.290. The number of nitrogens with two attached hydrogens (primary N) is 1. The van der Waals surface area contributed by atoms with Crippen LogP contribution in [0.5, 0.6) is 0 Å². The molecular weight excluding hydrogens is 222 g/mol. The predicted molar refractivity (Wildman–Crippen MR) is 75.6 cm³/mol. The first-order valence-corrected chi connectivity index (χ1v) is 7.10. The van der Waals surface area contributed by atoms with Crippen molar-refractivity contribution in [2.45, 2.75) is 51.7 Å². The molecule has 2 heteroatoms. The van der Waals surface area contributed by atoms with E-state index >= 15 is 0 Å². The van der Waals surface area contributed by atoms with Crippen molar-refractivity contribution in [3.8, 4) is 0 Å². The lowest BCUT2D eigenvalue weighted by molar-refractivity contribution is -0.0280. The van der Waals surface area contributed by atoms with Crippen LogP contribution < -0.4 is 5.73 Å². The molecule has 1 unspecified atom stereocenters. The van der Waals surface area contributed by atoms with Gasteiger partial charge in [-0.25, -0.2) is 0 Å². The Morgan fingerprint density at radius 1 is 1.33 bits per heavy atom. The summed E-state index contributed by atoms with van der Waals surface area (Å²) in [5.41, 5.74) is 9.01. The van der Waals surface area contributed by atoms with Gasteiger partial charge in [-0.3, -0.25) is 0 Å². The Bertz CT molecular complexity index is 371. The van der Waals surface area contributed by atoms with E-state index < -0.39 is 0 Å². The monoisotopic (exact) mass is 247 g/mol. The van der Waals surface area contributed by atoms with Crippen LogP contribution in [-0.2, 0) is 11.2 Å². The summed E-state index contributed by atoms with van der Waals surface area (Å²) < 4.78 is 5.59. The third-order valence-electron chi connectivity index (χ3n) is 3.97. The van der Waals surface area contributed by atoms with Crippen LogP contribution in [0, 0.1) is 12.8 Å². The summed E-state index contributed by atoms with van der Waals surface area (Å²) >= 11 is 0. The van der Waals surface area contributed by atoms with E-state index in [9.17, 15) is 0 Å². The quantitative estimate of drug-likeness (QED) is 0.838. The van der Waals surface area contributed by atoms with Gasteiger partial charge in [0.1, 0.15) is 0 Å². The molecule has 1 aliphatic rings. The van der Waals surface area contributed by atoms with E-state index in [-0.39, 0.29) is 0 Å². The Hall–Kier alpha value is -0.860. The lowest BCUT2D eigenvalue weighted by Crippen LogP contribution is -2.36. The van der Waals surface area contributed by atoms with Crippen molar-refractivity contribution < 1.29 is 4.74 Å². The van der Waals surface area contributed by atoms with Crippen molar-refractivity contribution in [1.82, 2.24) is 0 Å². The molecule has 0 spiro atoms. The highest BCUT2D eigenvalue weighted by atomic mass is 16.5. The van der Waals surface area contributed by atoms with Gasteiger partial charge in [-0.2, -0.15) is 0 Å². The fraction of sp³-hybridized carbons (Fsp3) is 0.625. The Balaban J connectivity index is 1.73. The van der Waals surface area contributed by atoms with Crippen molar-refractivity contribution >= 4 is 0 Å². The fourth-order valence-electron chi connectivity index (χ4n) is 2.87. The van der Waals surface area contributed by atoms with E-state index in [4.69, 9.17) is 10.5 Å². The van der Waals surface area contributed by atoms with Gasteiger partial charge in [-0.15, -0.1) is 0 Å². The molecule has 2 N–H and O–H groups in total. The van der Waals surface area contributed by atoms with E-state index in [1.54, 1.807) is 0 Å². The van der Waals surface area contributed by atoms with Crippen LogP contribution in [0.3, 0.4) is 0 Å². The van der Waals surface area contributed by atoms with Gasteiger partial charge in [0.2, 0.25) is 0 Å². The summed E-state index contributed by atoms with van der Waals surface area (Å²) in [6.07, 6.45) is 5.05. The number of ether oxygens (including phenoxy) is 1. The minimum Gasteiger partial charge on any atom is -0.378 e. The molecule has 0 aliphatic heterocycles. The highest BCUT2D eigenvalue weighted by Gasteiger charge is 2.30. The molecule has 0 radical (unpaired) electrons. The average Bonchev–Trinajstić information content (AvgIpc) is 2.29. The number of hydrogen-bond acceptors (Lipinski definition) is 2. The lowest BCUT2D eigenvalue weighted by atomic mass is 9.77. The SMILES string of the molecule is CCOC1CC(CC(N)Cc2ccccc2C)C1. The van der Waals surface area contributed by atoms with Crippen molar-refractivity contribution in [3.05, 3.63) is 35.4 Å². The molecule has 2 rings (SSSR count). The highest BCUT2D eigenvalue weighted by Crippen LogP contribution is 2.33. The summed E-state index contributed by atoms with van der Waals surface area (Å²) in [5, 5.41) is 0. The number of benzene rings is 1. The minimum atomic E-state index is 0.290. The maximum absolute atomic E-state index is 6.26. The second-order valence-electron chi connectivity index (χ2n) is 5.54. The zero-order chi connectivity index (χ0) is 13.0. The second kappa shape index (κ2) is 6.35. The van der Waals surface area contributed by atoms with Gasteiger partial charge in [-0.1, -0.05) is 24.3 Å². The van der Waals surface area contributed by atoms with E-state index in [0.29, 0.717) is 12.1 Å². The summed E-state index contributed by atoms with van der Waals surface area (Å²) in [6, 6.07) is 8.83. The van der Waals surface area contributed by atoms with Crippen LogP contribution >= 0.6 is 0 Å². The first-order valence-electron chi connectivity index (χ1n) is 7.10. The van der Waals surface area contributed by atoms with Crippen LogP contribution in [0.2, 0.25) is 0 Å². The second-order valence-corrected chi connectivity index (χ2v) is 5.54.